The molecule has 0 bridgehead atoms. The fraction of sp³-hybridized carbons (Fsp3) is 0.174. The number of aromatic hydroxyl groups is 1. The molecule has 3 aromatic rings. The predicted molar refractivity (Wildman–Crippen MR) is 129 cm³/mol. The van der Waals surface area contributed by atoms with Crippen LogP contribution in [0.5, 0.6) is 5.75 Å². The molecular weight excluding hydrogens is 526 g/mol. The van der Waals surface area contributed by atoms with Crippen LogP contribution in [0.15, 0.2) is 68.0 Å². The second-order valence-corrected chi connectivity index (χ2v) is 9.26. The molecule has 1 aromatic heterocycles. The van der Waals surface area contributed by atoms with Gasteiger partial charge in [-0.15, -0.1) is 0 Å². The Morgan fingerprint density at radius 2 is 2.06 bits per heavy atom. The topological polar surface area (TPSA) is 124 Å². The lowest BCUT2D eigenvalue weighted by atomic mass is 9.96. The lowest BCUT2D eigenvalue weighted by molar-refractivity contribution is -0.385. The van der Waals surface area contributed by atoms with Crippen molar-refractivity contribution in [3.05, 3.63) is 99.1 Å². The van der Waals surface area contributed by atoms with Gasteiger partial charge in [-0.05, 0) is 31.6 Å². The Balaban J connectivity index is 1.98. The summed E-state index contributed by atoms with van der Waals surface area (Å²) < 4.78 is 7.23. The van der Waals surface area contributed by atoms with E-state index >= 15 is 0 Å². The Labute approximate surface area is 205 Å². The molecule has 174 valence electrons. The van der Waals surface area contributed by atoms with Crippen LogP contribution in [0.1, 0.15) is 31.0 Å². The van der Waals surface area contributed by atoms with Crippen molar-refractivity contribution < 1.29 is 19.6 Å². The molecule has 4 rings (SSSR count). The van der Waals surface area contributed by atoms with Gasteiger partial charge in [0, 0.05) is 16.1 Å². The summed E-state index contributed by atoms with van der Waals surface area (Å²) in [5, 5.41) is 21.7. The number of halogens is 1. The number of allylic oxidation sites excluding steroid dienone is 1. The number of fused-ring (bicyclic) bond motifs is 1. The van der Waals surface area contributed by atoms with E-state index < -0.39 is 33.9 Å². The van der Waals surface area contributed by atoms with Gasteiger partial charge in [0.15, 0.2) is 4.80 Å². The van der Waals surface area contributed by atoms with Crippen LogP contribution in [-0.2, 0) is 9.53 Å². The lowest BCUT2D eigenvalue weighted by Crippen LogP contribution is -2.39. The molecule has 0 saturated carbocycles. The number of carbonyl (C=O) groups is 1. The second-order valence-electron chi connectivity index (χ2n) is 7.33. The van der Waals surface area contributed by atoms with E-state index in [0.717, 1.165) is 11.3 Å². The van der Waals surface area contributed by atoms with E-state index in [-0.39, 0.29) is 22.3 Å². The number of hydrogen-bond acceptors (Lipinski definition) is 8. The van der Waals surface area contributed by atoms with E-state index in [9.17, 15) is 24.8 Å². The molecule has 0 unspecified atom stereocenters. The molecule has 1 aliphatic heterocycles. The molecule has 0 spiro atoms. The molecule has 34 heavy (non-hydrogen) atoms. The number of aromatic nitrogens is 1. The predicted octanol–water partition coefficient (Wildman–Crippen LogP) is 3.17. The fourth-order valence-electron chi connectivity index (χ4n) is 3.74. The van der Waals surface area contributed by atoms with E-state index in [2.05, 4.69) is 20.9 Å². The molecule has 9 nitrogen and oxygen atoms in total. The Morgan fingerprint density at radius 3 is 2.71 bits per heavy atom. The highest BCUT2D eigenvalue weighted by molar-refractivity contribution is 9.10. The number of ether oxygens (including phenoxy) is 1. The van der Waals surface area contributed by atoms with Crippen molar-refractivity contribution in [3.63, 3.8) is 0 Å². The van der Waals surface area contributed by atoms with Crippen molar-refractivity contribution in [1.29, 1.82) is 0 Å². The van der Waals surface area contributed by atoms with E-state index in [0.29, 0.717) is 20.5 Å². The minimum absolute atomic E-state index is 0.101. The van der Waals surface area contributed by atoms with Crippen LogP contribution in [0.3, 0.4) is 0 Å². The molecule has 1 N–H and O–H groups in total. The number of hydrogen-bond donors (Lipinski definition) is 1. The first kappa shape index (κ1) is 23.6. The number of benzene rings is 2. The van der Waals surface area contributed by atoms with Crippen molar-refractivity contribution in [1.82, 2.24) is 4.57 Å². The summed E-state index contributed by atoms with van der Waals surface area (Å²) in [7, 11) is 0. The monoisotopic (exact) mass is 543 g/mol. The Bertz CT molecular complexity index is 1520. The fourth-order valence-corrected chi connectivity index (χ4v) is 5.24. The summed E-state index contributed by atoms with van der Waals surface area (Å²) in [6.45, 7) is 3.55. The summed E-state index contributed by atoms with van der Waals surface area (Å²) in [6.07, 6.45) is 1.38. The number of rotatable bonds is 5. The van der Waals surface area contributed by atoms with Crippen LogP contribution in [0.25, 0.3) is 6.08 Å². The Morgan fingerprint density at radius 1 is 1.35 bits per heavy atom. The van der Waals surface area contributed by atoms with Gasteiger partial charge in [0.1, 0.15) is 0 Å². The maximum Gasteiger partial charge on any atom is 0.338 e. The number of carbonyl (C=O) groups excluding carboxylic acids is 1. The Hall–Kier alpha value is -3.57. The highest BCUT2D eigenvalue weighted by atomic mass is 79.9. The maximum atomic E-state index is 13.5. The van der Waals surface area contributed by atoms with Crippen molar-refractivity contribution in [2.45, 2.75) is 19.9 Å². The van der Waals surface area contributed by atoms with Gasteiger partial charge in [-0.1, -0.05) is 57.6 Å². The molecule has 0 radical (unpaired) electrons. The van der Waals surface area contributed by atoms with E-state index in [4.69, 9.17) is 4.74 Å². The van der Waals surface area contributed by atoms with Crippen molar-refractivity contribution in [3.8, 4) is 5.75 Å². The number of nitro benzene ring substituents is 1. The summed E-state index contributed by atoms with van der Waals surface area (Å²) in [5.41, 5.74) is 0.552. The number of thiazole rings is 1. The largest absolute Gasteiger partial charge is 0.502 e. The van der Waals surface area contributed by atoms with Crippen LogP contribution >= 0.6 is 27.3 Å². The highest BCUT2D eigenvalue weighted by Gasteiger charge is 2.33. The van der Waals surface area contributed by atoms with Gasteiger partial charge >= 0.3 is 11.7 Å². The molecule has 2 heterocycles. The quantitative estimate of drug-likeness (QED) is 0.299. The van der Waals surface area contributed by atoms with Gasteiger partial charge in [-0.3, -0.25) is 19.5 Å². The number of phenols is 1. The smallest absolute Gasteiger partial charge is 0.338 e. The minimum atomic E-state index is -0.760. The van der Waals surface area contributed by atoms with Gasteiger partial charge in [0.2, 0.25) is 5.75 Å². The van der Waals surface area contributed by atoms with Crippen molar-refractivity contribution >= 4 is 45.0 Å². The lowest BCUT2D eigenvalue weighted by Gasteiger charge is -2.24. The minimum Gasteiger partial charge on any atom is -0.502 e. The molecular formula is C23H18BrN3O6S. The van der Waals surface area contributed by atoms with Crippen molar-refractivity contribution in [2.24, 2.45) is 4.99 Å². The zero-order valence-electron chi connectivity index (χ0n) is 18.0. The van der Waals surface area contributed by atoms with E-state index in [1.54, 1.807) is 13.8 Å². The highest BCUT2D eigenvalue weighted by Crippen LogP contribution is 2.34. The van der Waals surface area contributed by atoms with Crippen LogP contribution in [-0.4, -0.2) is 27.2 Å². The summed E-state index contributed by atoms with van der Waals surface area (Å²) in [4.78, 5) is 41.8. The third-order valence-electron chi connectivity index (χ3n) is 5.20. The van der Waals surface area contributed by atoms with Gasteiger partial charge in [-0.2, -0.15) is 0 Å². The first-order chi connectivity index (χ1) is 16.2. The molecule has 0 amide bonds. The van der Waals surface area contributed by atoms with Gasteiger partial charge < -0.3 is 9.84 Å². The van der Waals surface area contributed by atoms with E-state index in [1.165, 1.54) is 22.8 Å². The average Bonchev–Trinajstić information content (AvgIpc) is 3.10. The molecule has 1 aliphatic rings. The second kappa shape index (κ2) is 9.35. The summed E-state index contributed by atoms with van der Waals surface area (Å²) in [5.74, 6) is -1.12. The third-order valence-corrected chi connectivity index (χ3v) is 6.64. The first-order valence-electron chi connectivity index (χ1n) is 10.1. The zero-order chi connectivity index (χ0) is 24.6. The molecule has 1 atom stereocenters. The number of nitrogens with zero attached hydrogens (tertiary/aromatic N) is 3. The number of esters is 1. The SMILES string of the molecule is CCOC(=O)C1=C(C)N=c2s/c(=C/c3cc(Br)cc([N+](=O)[O-])c3O)c(=O)n2[C@H]1c1ccccc1. The molecule has 2 aromatic carbocycles. The number of phenolic OH excluding ortho intramolecular Hbond substituents is 1. The molecule has 0 aliphatic carbocycles. The summed E-state index contributed by atoms with van der Waals surface area (Å²) in [6, 6.07) is 11.0. The summed E-state index contributed by atoms with van der Waals surface area (Å²) >= 11 is 4.26. The van der Waals surface area contributed by atoms with Crippen LogP contribution in [0.2, 0.25) is 0 Å². The van der Waals surface area contributed by atoms with Gasteiger partial charge in [0.25, 0.3) is 5.56 Å². The van der Waals surface area contributed by atoms with E-state index in [1.807, 2.05) is 30.3 Å². The molecule has 0 saturated heterocycles. The number of nitro groups is 1. The van der Waals surface area contributed by atoms with Crippen LogP contribution < -0.4 is 14.9 Å². The van der Waals surface area contributed by atoms with Crippen molar-refractivity contribution in [2.75, 3.05) is 6.61 Å². The normalized spacial score (nSPS) is 15.6. The zero-order valence-corrected chi connectivity index (χ0v) is 20.4. The van der Waals surface area contributed by atoms with Crippen LogP contribution in [0.4, 0.5) is 5.69 Å². The first-order valence-corrected chi connectivity index (χ1v) is 11.7. The van der Waals surface area contributed by atoms with Crippen LogP contribution in [0, 0.1) is 10.1 Å². The van der Waals surface area contributed by atoms with Gasteiger partial charge in [0.05, 0.1) is 33.4 Å². The molecule has 0 fully saturated rings. The Kier molecular flexibility index (Phi) is 6.49. The standard InChI is InChI=1S/C23H18BrN3O6S/c1-3-33-22(30)18-12(2)25-23-26(19(18)13-7-5-4-6-8-13)21(29)17(34-23)10-14-9-15(24)11-16(20(14)28)27(31)32/h4-11,19,28H,3H2,1-2H3/b17-10+/t19-/m0/s1. The van der Waals surface area contributed by atoms with Gasteiger partial charge in [-0.25, -0.2) is 9.79 Å². The maximum absolute atomic E-state index is 13.5. The third kappa shape index (κ3) is 4.19. The molecule has 11 heteroatoms. The average molecular weight is 544 g/mol.